The molecule has 0 heterocycles. The van der Waals surface area contributed by atoms with Gasteiger partial charge in [0.1, 0.15) is 0 Å². The minimum absolute atomic E-state index is 0.0115. The van der Waals surface area contributed by atoms with E-state index in [1.807, 2.05) is 6.92 Å². The van der Waals surface area contributed by atoms with Crippen LogP contribution in [0, 0.1) is 5.92 Å². The van der Waals surface area contributed by atoms with Gasteiger partial charge in [-0.1, -0.05) is 20.8 Å². The lowest BCUT2D eigenvalue weighted by Crippen LogP contribution is -2.28. The Bertz CT molecular complexity index is 87.6. The van der Waals surface area contributed by atoms with E-state index in [0.29, 0.717) is 5.92 Å². The van der Waals surface area contributed by atoms with E-state index in [2.05, 4.69) is 13.8 Å². The van der Waals surface area contributed by atoms with Crippen LogP contribution in [0.2, 0.25) is 0 Å². The van der Waals surface area contributed by atoms with E-state index < -0.39 is 0 Å². The van der Waals surface area contributed by atoms with Gasteiger partial charge < -0.3 is 9.84 Å². The molecule has 2 heteroatoms. The summed E-state index contributed by atoms with van der Waals surface area (Å²) in [6.07, 6.45) is 1.42. The van der Waals surface area contributed by atoms with E-state index in [0.717, 1.165) is 12.8 Å². The van der Waals surface area contributed by atoms with Gasteiger partial charge in [0.2, 0.25) is 0 Å². The number of rotatable bonds is 5. The van der Waals surface area contributed by atoms with E-state index in [-0.39, 0.29) is 12.2 Å². The first-order valence-electron chi connectivity index (χ1n) is 4.32. The van der Waals surface area contributed by atoms with Gasteiger partial charge in [0, 0.05) is 7.11 Å². The highest BCUT2D eigenvalue weighted by Crippen LogP contribution is 2.12. The zero-order chi connectivity index (χ0) is 8.85. The van der Waals surface area contributed by atoms with E-state index in [9.17, 15) is 5.11 Å². The van der Waals surface area contributed by atoms with Crippen LogP contribution in [0.15, 0.2) is 0 Å². The van der Waals surface area contributed by atoms with Crippen LogP contribution >= 0.6 is 0 Å². The third-order valence-corrected chi connectivity index (χ3v) is 1.85. The molecule has 0 aliphatic carbocycles. The molecule has 0 spiro atoms. The summed E-state index contributed by atoms with van der Waals surface area (Å²) in [5.41, 5.74) is 0. The summed E-state index contributed by atoms with van der Waals surface area (Å²) in [4.78, 5) is 0. The normalized spacial score (nSPS) is 16.9. The monoisotopic (exact) mass is 160 g/mol. The first kappa shape index (κ1) is 10.9. The Morgan fingerprint density at radius 1 is 1.36 bits per heavy atom. The van der Waals surface area contributed by atoms with Crippen molar-refractivity contribution in [1.29, 1.82) is 0 Å². The summed E-state index contributed by atoms with van der Waals surface area (Å²) in [6.45, 7) is 6.23. The van der Waals surface area contributed by atoms with Crippen molar-refractivity contribution in [3.63, 3.8) is 0 Å². The molecule has 0 aliphatic heterocycles. The minimum atomic E-state index is -0.301. The van der Waals surface area contributed by atoms with E-state index >= 15 is 0 Å². The standard InChI is InChI=1S/C9H20O2/c1-5-9(11-4)8(10)6-7(2)3/h7-10H,5-6H2,1-4H3. The molecule has 2 atom stereocenters. The predicted molar refractivity (Wildman–Crippen MR) is 46.5 cm³/mol. The van der Waals surface area contributed by atoms with Crippen molar-refractivity contribution >= 4 is 0 Å². The van der Waals surface area contributed by atoms with Gasteiger partial charge in [-0.25, -0.2) is 0 Å². The topological polar surface area (TPSA) is 29.5 Å². The van der Waals surface area contributed by atoms with Crippen LogP contribution < -0.4 is 0 Å². The van der Waals surface area contributed by atoms with Gasteiger partial charge in [-0.3, -0.25) is 0 Å². The molecular weight excluding hydrogens is 140 g/mol. The number of ether oxygens (including phenoxy) is 1. The van der Waals surface area contributed by atoms with Crippen LogP contribution in [-0.2, 0) is 4.74 Å². The van der Waals surface area contributed by atoms with E-state index in [1.165, 1.54) is 0 Å². The highest BCUT2D eigenvalue weighted by Gasteiger charge is 2.17. The second-order valence-corrected chi connectivity index (χ2v) is 3.38. The van der Waals surface area contributed by atoms with Crippen molar-refractivity contribution in [2.45, 2.75) is 45.8 Å². The van der Waals surface area contributed by atoms with Gasteiger partial charge >= 0.3 is 0 Å². The predicted octanol–water partition coefficient (Wildman–Crippen LogP) is 1.82. The minimum Gasteiger partial charge on any atom is -0.390 e. The van der Waals surface area contributed by atoms with Crippen molar-refractivity contribution in [3.8, 4) is 0 Å². The van der Waals surface area contributed by atoms with Gasteiger partial charge in [-0.2, -0.15) is 0 Å². The molecule has 0 aromatic heterocycles. The van der Waals surface area contributed by atoms with Crippen molar-refractivity contribution in [2.24, 2.45) is 5.92 Å². The summed E-state index contributed by atoms with van der Waals surface area (Å²) < 4.78 is 5.11. The maximum absolute atomic E-state index is 9.55. The SMILES string of the molecule is CCC(OC)C(O)CC(C)C. The molecule has 11 heavy (non-hydrogen) atoms. The Balaban J connectivity index is 3.68. The third kappa shape index (κ3) is 4.38. The molecule has 0 bridgehead atoms. The number of aliphatic hydroxyl groups excluding tert-OH is 1. The molecular formula is C9H20O2. The summed E-state index contributed by atoms with van der Waals surface area (Å²) in [7, 11) is 1.65. The maximum atomic E-state index is 9.55. The molecule has 2 unspecified atom stereocenters. The Kier molecular flexibility index (Phi) is 5.51. The Morgan fingerprint density at radius 2 is 1.91 bits per heavy atom. The molecule has 0 radical (unpaired) electrons. The molecule has 0 rings (SSSR count). The van der Waals surface area contributed by atoms with Crippen LogP contribution in [0.25, 0.3) is 0 Å². The fraction of sp³-hybridized carbons (Fsp3) is 1.00. The fourth-order valence-corrected chi connectivity index (χ4v) is 1.23. The molecule has 1 N–H and O–H groups in total. The summed E-state index contributed by atoms with van der Waals surface area (Å²) in [6, 6.07) is 0. The number of hydrogen-bond acceptors (Lipinski definition) is 2. The van der Waals surface area contributed by atoms with Crippen LogP contribution in [-0.4, -0.2) is 24.4 Å². The molecule has 0 fully saturated rings. The first-order valence-corrected chi connectivity index (χ1v) is 4.32. The number of methoxy groups -OCH3 is 1. The lowest BCUT2D eigenvalue weighted by Gasteiger charge is -2.21. The average Bonchev–Trinajstić information content (AvgIpc) is 1.88. The van der Waals surface area contributed by atoms with Gasteiger partial charge in [-0.05, 0) is 18.8 Å². The van der Waals surface area contributed by atoms with Gasteiger partial charge in [0.15, 0.2) is 0 Å². The zero-order valence-electron chi connectivity index (χ0n) is 8.00. The number of hydrogen-bond donors (Lipinski definition) is 1. The van der Waals surface area contributed by atoms with Gasteiger partial charge in [0.05, 0.1) is 12.2 Å². The molecule has 2 nitrogen and oxygen atoms in total. The highest BCUT2D eigenvalue weighted by atomic mass is 16.5. The lowest BCUT2D eigenvalue weighted by molar-refractivity contribution is -0.0225. The van der Waals surface area contributed by atoms with Crippen molar-refractivity contribution in [1.82, 2.24) is 0 Å². The molecule has 0 aromatic rings. The quantitative estimate of drug-likeness (QED) is 0.664. The first-order chi connectivity index (χ1) is 5.11. The third-order valence-electron chi connectivity index (χ3n) is 1.85. The van der Waals surface area contributed by atoms with Gasteiger partial charge in [0.25, 0.3) is 0 Å². The maximum Gasteiger partial charge on any atom is 0.0827 e. The molecule has 0 saturated carbocycles. The van der Waals surface area contributed by atoms with Crippen LogP contribution in [0.5, 0.6) is 0 Å². The molecule has 0 saturated heterocycles. The summed E-state index contributed by atoms with van der Waals surface area (Å²) in [5.74, 6) is 0.536. The van der Waals surface area contributed by atoms with E-state index in [4.69, 9.17) is 4.74 Å². The van der Waals surface area contributed by atoms with Crippen molar-refractivity contribution < 1.29 is 9.84 Å². The molecule has 0 aromatic carbocycles. The second-order valence-electron chi connectivity index (χ2n) is 3.38. The van der Waals surface area contributed by atoms with Gasteiger partial charge in [-0.15, -0.1) is 0 Å². The van der Waals surface area contributed by atoms with Crippen molar-refractivity contribution in [2.75, 3.05) is 7.11 Å². The highest BCUT2D eigenvalue weighted by molar-refractivity contribution is 4.68. The largest absolute Gasteiger partial charge is 0.390 e. The summed E-state index contributed by atoms with van der Waals surface area (Å²) in [5, 5.41) is 9.55. The van der Waals surface area contributed by atoms with Crippen LogP contribution in [0.1, 0.15) is 33.6 Å². The zero-order valence-corrected chi connectivity index (χ0v) is 8.00. The molecule has 68 valence electrons. The molecule has 0 aliphatic rings. The Morgan fingerprint density at radius 3 is 2.18 bits per heavy atom. The number of aliphatic hydroxyl groups is 1. The Hall–Kier alpha value is -0.0800. The average molecular weight is 160 g/mol. The Labute approximate surface area is 69.6 Å². The fourth-order valence-electron chi connectivity index (χ4n) is 1.23. The lowest BCUT2D eigenvalue weighted by atomic mass is 10.0. The summed E-state index contributed by atoms with van der Waals surface area (Å²) >= 11 is 0. The second kappa shape index (κ2) is 5.56. The molecule has 0 amide bonds. The van der Waals surface area contributed by atoms with Crippen molar-refractivity contribution in [3.05, 3.63) is 0 Å². The smallest absolute Gasteiger partial charge is 0.0827 e. The van der Waals surface area contributed by atoms with Crippen LogP contribution in [0.3, 0.4) is 0 Å². The van der Waals surface area contributed by atoms with Crippen LogP contribution in [0.4, 0.5) is 0 Å². The van der Waals surface area contributed by atoms with E-state index in [1.54, 1.807) is 7.11 Å².